The molecule has 3 nitrogen and oxygen atoms in total. The van der Waals surface area contributed by atoms with Gasteiger partial charge in [-0.1, -0.05) is 29.8 Å². The molecule has 0 aromatic heterocycles. The minimum absolute atomic E-state index is 0.00349. The van der Waals surface area contributed by atoms with Crippen molar-refractivity contribution in [3.63, 3.8) is 0 Å². The van der Waals surface area contributed by atoms with Crippen molar-refractivity contribution < 1.29 is 9.18 Å². The molecule has 6 heteroatoms. The van der Waals surface area contributed by atoms with E-state index in [1.807, 2.05) is 24.3 Å². The van der Waals surface area contributed by atoms with Crippen molar-refractivity contribution in [2.24, 2.45) is 5.92 Å². The number of carbonyl (C=O) groups is 1. The van der Waals surface area contributed by atoms with Gasteiger partial charge in [-0.2, -0.15) is 0 Å². The number of nitrogens with zero attached hydrogens (tertiary/aromatic N) is 1. The Morgan fingerprint density at radius 3 is 2.84 bits per heavy atom. The van der Waals surface area contributed by atoms with Crippen LogP contribution in [-0.2, 0) is 11.3 Å². The lowest BCUT2D eigenvalue weighted by molar-refractivity contribution is -0.121. The first-order chi connectivity index (χ1) is 12.0. The molecule has 3 rings (SSSR count). The van der Waals surface area contributed by atoms with Crippen LogP contribution in [0.25, 0.3) is 0 Å². The Kier molecular flexibility index (Phi) is 6.10. The van der Waals surface area contributed by atoms with E-state index in [2.05, 4.69) is 26.1 Å². The van der Waals surface area contributed by atoms with E-state index in [4.69, 9.17) is 11.6 Å². The summed E-state index contributed by atoms with van der Waals surface area (Å²) in [6.45, 7) is 1.86. The molecule has 1 heterocycles. The van der Waals surface area contributed by atoms with Crippen LogP contribution in [0, 0.1) is 11.7 Å². The highest BCUT2D eigenvalue weighted by Gasteiger charge is 2.27. The number of amides is 1. The lowest BCUT2D eigenvalue weighted by Crippen LogP contribution is -2.40. The van der Waals surface area contributed by atoms with Gasteiger partial charge in [0.25, 0.3) is 0 Å². The summed E-state index contributed by atoms with van der Waals surface area (Å²) in [6.07, 6.45) is 1.73. The van der Waals surface area contributed by atoms with Gasteiger partial charge in [0.05, 0.1) is 11.6 Å². The van der Waals surface area contributed by atoms with Crippen LogP contribution < -0.4 is 5.32 Å². The Morgan fingerprint density at radius 1 is 1.28 bits per heavy atom. The highest BCUT2D eigenvalue weighted by Crippen LogP contribution is 2.26. The average Bonchev–Trinajstić information content (AvgIpc) is 2.60. The molecule has 0 spiro atoms. The molecule has 132 valence electrons. The van der Waals surface area contributed by atoms with E-state index in [1.165, 1.54) is 6.07 Å². The third-order valence-corrected chi connectivity index (χ3v) is 5.50. The fourth-order valence-corrected chi connectivity index (χ4v) is 3.72. The van der Waals surface area contributed by atoms with Crippen molar-refractivity contribution in [3.05, 3.63) is 63.3 Å². The Labute approximate surface area is 160 Å². The fourth-order valence-electron chi connectivity index (χ4n) is 3.12. The molecule has 0 bridgehead atoms. The summed E-state index contributed by atoms with van der Waals surface area (Å²) in [7, 11) is 0. The lowest BCUT2D eigenvalue weighted by atomic mass is 9.96. The molecule has 2 aromatic carbocycles. The second-order valence-corrected chi connectivity index (χ2v) is 7.51. The molecule has 1 saturated heterocycles. The molecule has 25 heavy (non-hydrogen) atoms. The molecule has 1 fully saturated rings. The monoisotopic (exact) mass is 424 g/mol. The second kappa shape index (κ2) is 8.30. The van der Waals surface area contributed by atoms with Crippen LogP contribution in [0.4, 0.5) is 10.1 Å². The minimum atomic E-state index is -0.299. The number of benzene rings is 2. The van der Waals surface area contributed by atoms with Crippen LogP contribution in [0.5, 0.6) is 0 Å². The Balaban J connectivity index is 1.65. The number of nitrogens with one attached hydrogen (secondary N) is 1. The first-order valence-electron chi connectivity index (χ1n) is 8.25. The number of hydrogen-bond acceptors (Lipinski definition) is 2. The standard InChI is InChI=1S/C19H19BrClFN2O/c20-15-6-1-2-9-18(15)23-19(25)13-5-4-10-24(11-13)12-14-16(21)7-3-8-17(14)22/h1-3,6-9,13H,4-5,10-12H2,(H,23,25). The molecule has 1 unspecified atom stereocenters. The van der Waals surface area contributed by atoms with Crippen molar-refractivity contribution >= 4 is 39.1 Å². The van der Waals surface area contributed by atoms with Gasteiger partial charge in [0, 0.05) is 28.1 Å². The van der Waals surface area contributed by atoms with Crippen LogP contribution >= 0.6 is 27.5 Å². The van der Waals surface area contributed by atoms with E-state index in [9.17, 15) is 9.18 Å². The lowest BCUT2D eigenvalue weighted by Gasteiger charge is -2.32. The number of hydrogen-bond donors (Lipinski definition) is 1. The van der Waals surface area contributed by atoms with Crippen LogP contribution in [-0.4, -0.2) is 23.9 Å². The molecular weight excluding hydrogens is 407 g/mol. The maximum atomic E-state index is 14.0. The Hall–Kier alpha value is -1.43. The second-order valence-electron chi connectivity index (χ2n) is 6.24. The first-order valence-corrected chi connectivity index (χ1v) is 9.42. The van der Waals surface area contributed by atoms with Gasteiger partial charge in [-0.25, -0.2) is 4.39 Å². The summed E-state index contributed by atoms with van der Waals surface area (Å²) in [5, 5.41) is 3.40. The summed E-state index contributed by atoms with van der Waals surface area (Å²) < 4.78 is 14.9. The predicted molar refractivity (Wildman–Crippen MR) is 102 cm³/mol. The highest BCUT2D eigenvalue weighted by molar-refractivity contribution is 9.10. The largest absolute Gasteiger partial charge is 0.325 e. The third-order valence-electron chi connectivity index (χ3n) is 4.45. The third kappa shape index (κ3) is 4.60. The van der Waals surface area contributed by atoms with Crippen molar-refractivity contribution in [2.75, 3.05) is 18.4 Å². The van der Waals surface area contributed by atoms with Crippen LogP contribution in [0.3, 0.4) is 0 Å². The average molecular weight is 426 g/mol. The van der Waals surface area contributed by atoms with Gasteiger partial charge in [0.15, 0.2) is 0 Å². The molecule has 0 aliphatic carbocycles. The van der Waals surface area contributed by atoms with Gasteiger partial charge in [-0.15, -0.1) is 0 Å². The molecule has 1 aliphatic rings. The van der Waals surface area contributed by atoms with E-state index in [1.54, 1.807) is 12.1 Å². The molecule has 1 amide bonds. The molecule has 2 aromatic rings. The molecular formula is C19H19BrClFN2O. The molecule has 0 radical (unpaired) electrons. The van der Waals surface area contributed by atoms with Crippen LogP contribution in [0.1, 0.15) is 18.4 Å². The van der Waals surface area contributed by atoms with Gasteiger partial charge in [-0.3, -0.25) is 9.69 Å². The number of likely N-dealkylation sites (tertiary alicyclic amines) is 1. The van der Waals surface area contributed by atoms with E-state index in [0.29, 0.717) is 23.7 Å². The normalized spacial score (nSPS) is 18.1. The van der Waals surface area contributed by atoms with Crippen molar-refractivity contribution in [1.82, 2.24) is 4.90 Å². The van der Waals surface area contributed by atoms with Gasteiger partial charge >= 0.3 is 0 Å². The van der Waals surface area contributed by atoms with Crippen molar-refractivity contribution in [1.29, 1.82) is 0 Å². The number of para-hydroxylation sites is 1. The molecule has 1 atom stereocenters. The fraction of sp³-hybridized carbons (Fsp3) is 0.316. The predicted octanol–water partition coefficient (Wildman–Crippen LogP) is 5.09. The van der Waals surface area contributed by atoms with Crippen LogP contribution in [0.15, 0.2) is 46.9 Å². The topological polar surface area (TPSA) is 32.3 Å². The van der Waals surface area contributed by atoms with Crippen molar-refractivity contribution in [2.45, 2.75) is 19.4 Å². The number of rotatable bonds is 4. The smallest absolute Gasteiger partial charge is 0.228 e. The zero-order valence-electron chi connectivity index (χ0n) is 13.6. The maximum Gasteiger partial charge on any atom is 0.228 e. The maximum absolute atomic E-state index is 14.0. The molecule has 0 saturated carbocycles. The Bertz CT molecular complexity index is 751. The zero-order chi connectivity index (χ0) is 17.8. The van der Waals surface area contributed by atoms with E-state index in [0.717, 1.165) is 29.5 Å². The summed E-state index contributed by atoms with van der Waals surface area (Å²) >= 11 is 9.56. The minimum Gasteiger partial charge on any atom is -0.325 e. The van der Waals surface area contributed by atoms with E-state index < -0.39 is 0 Å². The number of piperidine rings is 1. The first kappa shape index (κ1) is 18.4. The highest BCUT2D eigenvalue weighted by atomic mass is 79.9. The van der Waals surface area contributed by atoms with Gasteiger partial charge in [0.2, 0.25) is 5.91 Å². The van der Waals surface area contributed by atoms with E-state index >= 15 is 0 Å². The summed E-state index contributed by atoms with van der Waals surface area (Å²) in [5.41, 5.74) is 1.26. The summed E-state index contributed by atoms with van der Waals surface area (Å²) in [6, 6.07) is 12.3. The van der Waals surface area contributed by atoms with Crippen LogP contribution in [0.2, 0.25) is 5.02 Å². The molecule has 1 aliphatic heterocycles. The van der Waals surface area contributed by atoms with Gasteiger partial charge < -0.3 is 5.32 Å². The molecule has 1 N–H and O–H groups in total. The summed E-state index contributed by atoms with van der Waals surface area (Å²) in [5.74, 6) is -0.421. The Morgan fingerprint density at radius 2 is 2.08 bits per heavy atom. The zero-order valence-corrected chi connectivity index (χ0v) is 16.0. The van der Waals surface area contributed by atoms with E-state index in [-0.39, 0.29) is 17.6 Å². The van der Waals surface area contributed by atoms with Gasteiger partial charge in [-0.05, 0) is 59.6 Å². The van der Waals surface area contributed by atoms with Gasteiger partial charge in [0.1, 0.15) is 5.82 Å². The number of halogens is 3. The number of anilines is 1. The summed E-state index contributed by atoms with van der Waals surface area (Å²) in [4.78, 5) is 14.7. The quantitative estimate of drug-likeness (QED) is 0.740. The van der Waals surface area contributed by atoms with Crippen molar-refractivity contribution in [3.8, 4) is 0 Å². The SMILES string of the molecule is O=C(Nc1ccccc1Br)C1CCCN(Cc2c(F)cccc2Cl)C1. The number of carbonyl (C=O) groups excluding carboxylic acids is 1.